The Morgan fingerprint density at radius 1 is 1.16 bits per heavy atom. The zero-order chi connectivity index (χ0) is 22.4. The molecule has 2 atom stereocenters. The van der Waals surface area contributed by atoms with Crippen LogP contribution in [0.1, 0.15) is 17.5 Å². The number of carbonyl (C=O) groups is 1. The van der Waals surface area contributed by atoms with Gasteiger partial charge in [-0.15, -0.1) is 0 Å². The highest BCUT2D eigenvalue weighted by atomic mass is 16.5. The quantitative estimate of drug-likeness (QED) is 0.568. The molecule has 1 amide bonds. The molecule has 1 aliphatic heterocycles. The lowest BCUT2D eigenvalue weighted by molar-refractivity contribution is -0.126. The van der Waals surface area contributed by atoms with Gasteiger partial charge in [-0.1, -0.05) is 48.5 Å². The van der Waals surface area contributed by atoms with E-state index in [-0.39, 0.29) is 12.3 Å². The molecule has 168 valence electrons. The Hall–Kier alpha value is -3.16. The van der Waals surface area contributed by atoms with E-state index in [1.54, 1.807) is 13.3 Å². The molecular formula is C25H30N4O3. The van der Waals surface area contributed by atoms with Crippen molar-refractivity contribution in [1.82, 2.24) is 20.0 Å². The number of aliphatic hydroxyl groups excluding tert-OH is 1. The number of benzene rings is 2. The molecule has 7 heteroatoms. The minimum atomic E-state index is -0.831. The average Bonchev–Trinajstić information content (AvgIpc) is 3.34. The van der Waals surface area contributed by atoms with E-state index in [1.165, 1.54) is 0 Å². The number of carbonyl (C=O) groups excluding carboxylic acids is 1. The maximum atomic E-state index is 13.1. The van der Waals surface area contributed by atoms with Gasteiger partial charge in [0.25, 0.3) is 0 Å². The van der Waals surface area contributed by atoms with Gasteiger partial charge >= 0.3 is 0 Å². The smallest absolute Gasteiger partial charge is 0.225 e. The Morgan fingerprint density at radius 2 is 1.94 bits per heavy atom. The number of aliphatic hydroxyl groups is 1. The Bertz CT molecular complexity index is 1010. The number of aromatic nitrogens is 2. The van der Waals surface area contributed by atoms with Gasteiger partial charge in [0.05, 0.1) is 31.7 Å². The molecule has 3 aromatic rings. The molecule has 0 spiro atoms. The van der Waals surface area contributed by atoms with Crippen LogP contribution in [0.4, 0.5) is 0 Å². The number of hydrogen-bond donors (Lipinski definition) is 2. The fourth-order valence-corrected chi connectivity index (χ4v) is 4.48. The second-order valence-electron chi connectivity index (χ2n) is 8.21. The summed E-state index contributed by atoms with van der Waals surface area (Å²) in [5.41, 5.74) is 0.914. The largest absolute Gasteiger partial charge is 0.496 e. The number of rotatable bonds is 8. The summed E-state index contributed by atoms with van der Waals surface area (Å²) in [5.74, 6) is 0.549. The van der Waals surface area contributed by atoms with Gasteiger partial charge in [0, 0.05) is 37.6 Å². The zero-order valence-corrected chi connectivity index (χ0v) is 18.4. The first-order valence-corrected chi connectivity index (χ1v) is 11.0. The lowest BCUT2D eigenvalue weighted by Gasteiger charge is -2.46. The van der Waals surface area contributed by atoms with Crippen LogP contribution >= 0.6 is 0 Å². The summed E-state index contributed by atoms with van der Waals surface area (Å²) in [4.78, 5) is 15.4. The third kappa shape index (κ3) is 4.84. The molecule has 7 nitrogen and oxygen atoms in total. The Balaban J connectivity index is 1.50. The molecule has 4 rings (SSSR count). The van der Waals surface area contributed by atoms with Crippen LogP contribution in [0.25, 0.3) is 0 Å². The molecule has 1 aromatic heterocycles. The summed E-state index contributed by atoms with van der Waals surface area (Å²) in [6, 6.07) is 19.2. The zero-order valence-electron chi connectivity index (χ0n) is 18.4. The minimum Gasteiger partial charge on any atom is -0.496 e. The van der Waals surface area contributed by atoms with Crippen LogP contribution < -0.4 is 10.1 Å². The van der Waals surface area contributed by atoms with Crippen molar-refractivity contribution in [1.29, 1.82) is 0 Å². The minimum absolute atomic E-state index is 0.137. The Labute approximate surface area is 188 Å². The molecule has 2 aromatic carbocycles. The monoisotopic (exact) mass is 434 g/mol. The van der Waals surface area contributed by atoms with Crippen molar-refractivity contribution < 1.29 is 14.6 Å². The van der Waals surface area contributed by atoms with Gasteiger partial charge in [-0.05, 0) is 24.1 Å². The summed E-state index contributed by atoms with van der Waals surface area (Å²) in [6.45, 7) is 2.80. The molecule has 1 aliphatic rings. The number of hydrogen-bond acceptors (Lipinski definition) is 5. The topological polar surface area (TPSA) is 79.6 Å². The van der Waals surface area contributed by atoms with Crippen LogP contribution in [-0.4, -0.2) is 58.5 Å². The molecule has 32 heavy (non-hydrogen) atoms. The van der Waals surface area contributed by atoms with E-state index in [4.69, 9.17) is 4.74 Å². The van der Waals surface area contributed by atoms with Crippen LogP contribution in [0.5, 0.6) is 5.75 Å². The maximum absolute atomic E-state index is 13.1. The van der Waals surface area contributed by atoms with Crippen molar-refractivity contribution in [3.63, 3.8) is 0 Å². The maximum Gasteiger partial charge on any atom is 0.225 e. The van der Waals surface area contributed by atoms with Crippen molar-refractivity contribution in [3.05, 3.63) is 84.2 Å². The van der Waals surface area contributed by atoms with Crippen molar-refractivity contribution in [2.24, 2.45) is 0 Å². The number of para-hydroxylation sites is 1. The predicted molar refractivity (Wildman–Crippen MR) is 122 cm³/mol. The SMILES string of the molecule is COc1ccccc1CC(=O)N[C@]1(c2ccccc2)CCN(CCn2cccn2)C[C@H]1O. The number of nitrogens with one attached hydrogen (secondary N) is 1. The number of methoxy groups -OCH3 is 1. The molecule has 0 unspecified atom stereocenters. The van der Waals surface area contributed by atoms with E-state index >= 15 is 0 Å². The van der Waals surface area contributed by atoms with Crippen LogP contribution in [0.2, 0.25) is 0 Å². The van der Waals surface area contributed by atoms with Crippen LogP contribution in [0, 0.1) is 0 Å². The van der Waals surface area contributed by atoms with Crippen molar-refractivity contribution in [2.75, 3.05) is 26.7 Å². The number of likely N-dealkylation sites (tertiary alicyclic amines) is 1. The molecule has 0 radical (unpaired) electrons. The lowest BCUT2D eigenvalue weighted by atomic mass is 9.78. The molecule has 0 bridgehead atoms. The number of amides is 1. The van der Waals surface area contributed by atoms with Crippen LogP contribution in [-0.2, 0) is 23.3 Å². The number of nitrogens with zero attached hydrogens (tertiary/aromatic N) is 3. The molecule has 0 aliphatic carbocycles. The molecule has 2 N–H and O–H groups in total. The third-order valence-electron chi connectivity index (χ3n) is 6.22. The van der Waals surface area contributed by atoms with E-state index in [1.807, 2.05) is 71.5 Å². The molecule has 2 heterocycles. The van der Waals surface area contributed by atoms with Crippen molar-refractivity contribution in [3.8, 4) is 5.75 Å². The van der Waals surface area contributed by atoms with Crippen LogP contribution in [0.15, 0.2) is 73.1 Å². The third-order valence-corrected chi connectivity index (χ3v) is 6.22. The van der Waals surface area contributed by atoms with E-state index in [0.717, 1.165) is 30.8 Å². The lowest BCUT2D eigenvalue weighted by Crippen LogP contribution is -2.62. The second kappa shape index (κ2) is 9.97. The Morgan fingerprint density at radius 3 is 2.66 bits per heavy atom. The Kier molecular flexibility index (Phi) is 6.87. The van der Waals surface area contributed by atoms with Gasteiger partial charge in [-0.25, -0.2) is 0 Å². The predicted octanol–water partition coefficient (Wildman–Crippen LogP) is 2.21. The van der Waals surface area contributed by atoms with Gasteiger partial charge in [-0.3, -0.25) is 14.4 Å². The van der Waals surface area contributed by atoms with Crippen molar-refractivity contribution >= 4 is 5.91 Å². The van der Waals surface area contributed by atoms with Crippen LogP contribution in [0.3, 0.4) is 0 Å². The van der Waals surface area contributed by atoms with Gasteiger partial charge in [0.15, 0.2) is 0 Å². The van der Waals surface area contributed by atoms with E-state index in [2.05, 4.69) is 15.3 Å². The summed E-state index contributed by atoms with van der Waals surface area (Å²) < 4.78 is 7.28. The van der Waals surface area contributed by atoms with E-state index < -0.39 is 11.6 Å². The molecular weight excluding hydrogens is 404 g/mol. The first kappa shape index (κ1) is 22.0. The molecule has 0 saturated carbocycles. The second-order valence-corrected chi connectivity index (χ2v) is 8.21. The number of β-amino-alcohol motifs (C(OH)–C–C–N with tert-alkyl or cyclic N) is 1. The summed E-state index contributed by atoms with van der Waals surface area (Å²) in [5, 5.41) is 18.8. The molecule has 1 saturated heterocycles. The fourth-order valence-electron chi connectivity index (χ4n) is 4.48. The first-order chi connectivity index (χ1) is 15.6. The fraction of sp³-hybridized carbons (Fsp3) is 0.360. The summed E-state index contributed by atoms with van der Waals surface area (Å²) in [6.07, 6.45) is 3.77. The highest BCUT2D eigenvalue weighted by molar-refractivity contribution is 5.80. The van der Waals surface area contributed by atoms with Gasteiger partial charge in [0.2, 0.25) is 5.91 Å². The van der Waals surface area contributed by atoms with Crippen molar-refractivity contribution in [2.45, 2.75) is 31.0 Å². The van der Waals surface area contributed by atoms with Gasteiger partial charge in [0.1, 0.15) is 5.75 Å². The van der Waals surface area contributed by atoms with Gasteiger partial charge in [-0.2, -0.15) is 5.10 Å². The van der Waals surface area contributed by atoms with Gasteiger partial charge < -0.3 is 15.2 Å². The van der Waals surface area contributed by atoms with E-state index in [9.17, 15) is 9.90 Å². The summed E-state index contributed by atoms with van der Waals surface area (Å²) in [7, 11) is 1.60. The first-order valence-electron chi connectivity index (χ1n) is 11.0. The van der Waals surface area contributed by atoms with E-state index in [0.29, 0.717) is 18.7 Å². The standard InChI is InChI=1S/C25H30N4O3/c1-32-22-11-6-5-8-20(22)18-24(31)27-25(21-9-3-2-4-10-21)12-15-28(19-23(25)30)16-17-29-14-7-13-26-29/h2-11,13-14,23,30H,12,15-19H2,1H3,(H,27,31)/t23-,25+/m1/s1. The number of ether oxygens (including phenoxy) is 1. The highest BCUT2D eigenvalue weighted by Crippen LogP contribution is 2.34. The average molecular weight is 435 g/mol. The molecule has 1 fully saturated rings. The number of piperidine rings is 1. The highest BCUT2D eigenvalue weighted by Gasteiger charge is 2.44. The normalized spacial score (nSPS) is 21.2. The summed E-state index contributed by atoms with van der Waals surface area (Å²) >= 11 is 0.